The largest absolute Gasteiger partial charge is 0.462 e. The first-order chi connectivity index (χ1) is 31.0. The fraction of sp³-hybridized carbons (Fsp3) is 0.825. The zero-order valence-corrected chi connectivity index (χ0v) is 42.0. The maximum atomic E-state index is 13.2. The maximum absolute atomic E-state index is 13.2. The molecule has 0 rings (SSSR count). The number of rotatable bonds is 49. The predicted molar refractivity (Wildman–Crippen MR) is 273 cm³/mol. The van der Waals surface area contributed by atoms with Crippen LogP contribution in [-0.4, -0.2) is 46.9 Å². The minimum atomic E-state index is -0.794. The zero-order chi connectivity index (χ0) is 45.9. The van der Waals surface area contributed by atoms with Gasteiger partial charge in [-0.1, -0.05) is 268 Å². The SMILES string of the molecule is CC/C=C/C=C/C=C\C=C/CCCCCC(=O)OC(CCCCCCCCCCCCCCCCCC)CC(=O)NC(CO)C(O)CCCCCCCCCCCCCCCCC. The van der Waals surface area contributed by atoms with Gasteiger partial charge in [-0.2, -0.15) is 0 Å². The quantitative estimate of drug-likeness (QED) is 0.0321. The number of allylic oxidation sites excluding steroid dienone is 8. The van der Waals surface area contributed by atoms with Gasteiger partial charge < -0.3 is 20.3 Å². The van der Waals surface area contributed by atoms with E-state index in [9.17, 15) is 19.8 Å². The van der Waals surface area contributed by atoms with Gasteiger partial charge in [-0.05, 0) is 44.9 Å². The number of carbonyl (C=O) groups is 2. The van der Waals surface area contributed by atoms with Crippen LogP contribution in [0.15, 0.2) is 48.6 Å². The highest BCUT2D eigenvalue weighted by molar-refractivity contribution is 5.77. The van der Waals surface area contributed by atoms with Gasteiger partial charge in [0, 0.05) is 6.42 Å². The monoisotopic (exact) mass is 884 g/mol. The van der Waals surface area contributed by atoms with E-state index in [1.807, 2.05) is 24.3 Å². The number of nitrogens with one attached hydrogen (secondary N) is 1. The number of hydrogen-bond acceptors (Lipinski definition) is 5. The average Bonchev–Trinajstić information content (AvgIpc) is 3.28. The third-order valence-electron chi connectivity index (χ3n) is 12.5. The van der Waals surface area contributed by atoms with Crippen molar-refractivity contribution in [1.29, 1.82) is 0 Å². The second kappa shape index (κ2) is 50.8. The van der Waals surface area contributed by atoms with E-state index in [1.54, 1.807) is 0 Å². The summed E-state index contributed by atoms with van der Waals surface area (Å²) in [7, 11) is 0. The number of amides is 1. The normalized spacial score (nSPS) is 13.5. The van der Waals surface area contributed by atoms with Crippen LogP contribution in [-0.2, 0) is 14.3 Å². The van der Waals surface area contributed by atoms with E-state index < -0.39 is 18.2 Å². The lowest BCUT2D eigenvalue weighted by Crippen LogP contribution is -2.46. The lowest BCUT2D eigenvalue weighted by Gasteiger charge is -2.24. The number of aliphatic hydroxyl groups excluding tert-OH is 2. The highest BCUT2D eigenvalue weighted by Crippen LogP contribution is 2.19. The molecule has 0 aliphatic carbocycles. The summed E-state index contributed by atoms with van der Waals surface area (Å²) in [5.41, 5.74) is 0. The summed E-state index contributed by atoms with van der Waals surface area (Å²) >= 11 is 0. The van der Waals surface area contributed by atoms with Gasteiger partial charge in [0.05, 0.1) is 25.2 Å². The van der Waals surface area contributed by atoms with Gasteiger partial charge in [0.25, 0.3) is 0 Å². The number of carbonyl (C=O) groups excluding carboxylic acids is 2. The topological polar surface area (TPSA) is 95.9 Å². The highest BCUT2D eigenvalue weighted by Gasteiger charge is 2.24. The minimum Gasteiger partial charge on any atom is -0.462 e. The zero-order valence-electron chi connectivity index (χ0n) is 42.0. The number of ether oxygens (including phenoxy) is 1. The molecule has 0 heterocycles. The molecule has 6 heteroatoms. The van der Waals surface area contributed by atoms with Crippen LogP contribution in [0.3, 0.4) is 0 Å². The van der Waals surface area contributed by atoms with Crippen LogP contribution in [0.5, 0.6) is 0 Å². The van der Waals surface area contributed by atoms with E-state index in [0.29, 0.717) is 19.3 Å². The highest BCUT2D eigenvalue weighted by atomic mass is 16.5. The summed E-state index contributed by atoms with van der Waals surface area (Å²) < 4.78 is 5.93. The molecule has 0 aliphatic rings. The third-order valence-corrected chi connectivity index (χ3v) is 12.5. The summed E-state index contributed by atoms with van der Waals surface area (Å²) in [6.07, 6.45) is 61.7. The summed E-state index contributed by atoms with van der Waals surface area (Å²) in [6.45, 7) is 6.36. The summed E-state index contributed by atoms with van der Waals surface area (Å²) in [5.74, 6) is -0.508. The van der Waals surface area contributed by atoms with Crippen LogP contribution in [0.4, 0.5) is 0 Å². The number of aliphatic hydroxyl groups is 2. The Balaban J connectivity index is 4.58. The van der Waals surface area contributed by atoms with E-state index in [0.717, 1.165) is 64.2 Å². The van der Waals surface area contributed by atoms with E-state index >= 15 is 0 Å². The fourth-order valence-corrected chi connectivity index (χ4v) is 8.38. The summed E-state index contributed by atoms with van der Waals surface area (Å²) in [6, 6.07) is -0.708. The predicted octanol–water partition coefficient (Wildman–Crippen LogP) is 16.6. The Labute approximate surface area is 391 Å². The molecule has 3 N–H and O–H groups in total. The molecule has 0 aromatic heterocycles. The first-order valence-electron chi connectivity index (χ1n) is 27.4. The number of esters is 1. The Kier molecular flexibility index (Phi) is 49.1. The molecule has 0 aromatic carbocycles. The van der Waals surface area contributed by atoms with Gasteiger partial charge in [0.2, 0.25) is 5.91 Å². The number of hydrogen-bond donors (Lipinski definition) is 3. The Bertz CT molecular complexity index is 1080. The van der Waals surface area contributed by atoms with Crippen molar-refractivity contribution in [2.75, 3.05) is 6.61 Å². The van der Waals surface area contributed by atoms with Crippen molar-refractivity contribution >= 4 is 11.9 Å². The standard InChI is InChI=1S/C57H105NO5/c1-4-7-10-13-16-19-22-25-27-29-31-33-36-39-42-45-48-53(63-57(62)50-47-44-41-38-35-30-24-21-18-15-12-9-6-3)51-56(61)58-54(52-59)55(60)49-46-43-40-37-34-32-28-26-23-20-17-14-11-8-5-2/h9,12,15,18,21,24,30,35,53-55,59-60H,4-8,10-11,13-14,16-17,19-20,22-23,25-29,31-34,36-52H2,1-3H3,(H,58,61)/b12-9+,18-15+,24-21-,35-30-. The molecule has 0 aliphatic heterocycles. The van der Waals surface area contributed by atoms with Crippen molar-refractivity contribution in [2.24, 2.45) is 0 Å². The molecule has 3 unspecified atom stereocenters. The minimum absolute atomic E-state index is 0.0645. The first-order valence-corrected chi connectivity index (χ1v) is 27.4. The van der Waals surface area contributed by atoms with Crippen LogP contribution >= 0.6 is 0 Å². The molecule has 0 fully saturated rings. The molecule has 0 saturated heterocycles. The molecule has 0 spiro atoms. The number of unbranched alkanes of at least 4 members (excludes halogenated alkanes) is 32. The Morgan fingerprint density at radius 1 is 0.476 bits per heavy atom. The second-order valence-electron chi connectivity index (χ2n) is 18.7. The van der Waals surface area contributed by atoms with E-state index in [2.05, 4.69) is 50.4 Å². The van der Waals surface area contributed by atoms with E-state index in [1.165, 1.54) is 167 Å². The van der Waals surface area contributed by atoms with Crippen LogP contribution in [0.25, 0.3) is 0 Å². The Hall–Kier alpha value is -2.18. The fourth-order valence-electron chi connectivity index (χ4n) is 8.38. The van der Waals surface area contributed by atoms with Crippen molar-refractivity contribution < 1.29 is 24.5 Å². The smallest absolute Gasteiger partial charge is 0.306 e. The van der Waals surface area contributed by atoms with Gasteiger partial charge in [-0.25, -0.2) is 0 Å². The first kappa shape index (κ1) is 60.8. The molecular formula is C57H105NO5. The van der Waals surface area contributed by atoms with Gasteiger partial charge in [-0.15, -0.1) is 0 Å². The average molecular weight is 884 g/mol. The Morgan fingerprint density at radius 3 is 1.29 bits per heavy atom. The van der Waals surface area contributed by atoms with Crippen molar-refractivity contribution in [3.8, 4) is 0 Å². The van der Waals surface area contributed by atoms with Gasteiger partial charge in [0.15, 0.2) is 0 Å². The molecule has 368 valence electrons. The Morgan fingerprint density at radius 2 is 0.857 bits per heavy atom. The molecule has 0 radical (unpaired) electrons. The molecule has 1 amide bonds. The third kappa shape index (κ3) is 46.2. The molecule has 0 aromatic rings. The van der Waals surface area contributed by atoms with E-state index in [4.69, 9.17) is 4.74 Å². The lowest BCUT2D eigenvalue weighted by molar-refractivity contribution is -0.151. The van der Waals surface area contributed by atoms with Crippen molar-refractivity contribution in [2.45, 2.75) is 296 Å². The van der Waals surface area contributed by atoms with Crippen LogP contribution < -0.4 is 5.32 Å². The van der Waals surface area contributed by atoms with Crippen molar-refractivity contribution in [3.63, 3.8) is 0 Å². The molecule has 0 saturated carbocycles. The van der Waals surface area contributed by atoms with E-state index in [-0.39, 0.29) is 24.9 Å². The molecule has 6 nitrogen and oxygen atoms in total. The summed E-state index contributed by atoms with van der Waals surface area (Å²) in [5, 5.41) is 23.8. The van der Waals surface area contributed by atoms with Crippen LogP contribution in [0.2, 0.25) is 0 Å². The van der Waals surface area contributed by atoms with Crippen LogP contribution in [0, 0.1) is 0 Å². The maximum Gasteiger partial charge on any atom is 0.306 e. The molecule has 63 heavy (non-hydrogen) atoms. The van der Waals surface area contributed by atoms with Crippen molar-refractivity contribution in [1.82, 2.24) is 5.32 Å². The van der Waals surface area contributed by atoms with Crippen molar-refractivity contribution in [3.05, 3.63) is 48.6 Å². The second-order valence-corrected chi connectivity index (χ2v) is 18.7. The van der Waals surface area contributed by atoms with Crippen LogP contribution in [0.1, 0.15) is 278 Å². The van der Waals surface area contributed by atoms with Gasteiger partial charge in [0.1, 0.15) is 6.10 Å². The summed E-state index contributed by atoms with van der Waals surface area (Å²) in [4.78, 5) is 26.2. The molecular weight excluding hydrogens is 779 g/mol. The van der Waals surface area contributed by atoms with Gasteiger partial charge in [-0.3, -0.25) is 9.59 Å². The molecule has 3 atom stereocenters. The van der Waals surface area contributed by atoms with Gasteiger partial charge >= 0.3 is 5.97 Å². The molecule has 0 bridgehead atoms. The lowest BCUT2D eigenvalue weighted by atomic mass is 10.0.